The quantitative estimate of drug-likeness (QED) is 0.927. The number of aliphatic hydroxyl groups is 1. The molecule has 1 aliphatic heterocycles. The third-order valence-electron chi connectivity index (χ3n) is 4.25. The highest BCUT2D eigenvalue weighted by Crippen LogP contribution is 2.44. The van der Waals surface area contributed by atoms with Crippen LogP contribution < -0.4 is 4.74 Å². The van der Waals surface area contributed by atoms with Gasteiger partial charge in [0.05, 0.1) is 13.2 Å². The highest BCUT2D eigenvalue weighted by atomic mass is 32.2. The Kier molecular flexibility index (Phi) is 3.96. The first kappa shape index (κ1) is 14.5. The van der Waals surface area contributed by atoms with E-state index in [4.69, 9.17) is 4.74 Å². The normalized spacial score (nSPS) is 18.4. The minimum absolute atomic E-state index is 0.151. The van der Waals surface area contributed by atoms with Gasteiger partial charge in [-0.2, -0.15) is 0 Å². The molecule has 2 nitrogen and oxygen atoms in total. The predicted molar refractivity (Wildman–Crippen MR) is 87.2 cm³/mol. The smallest absolute Gasteiger partial charge is 0.127 e. The molecule has 0 radical (unpaired) electrons. The highest BCUT2D eigenvalue weighted by molar-refractivity contribution is 8.00. The summed E-state index contributed by atoms with van der Waals surface area (Å²) in [6.45, 7) is 4.11. The molecule has 0 bridgehead atoms. The van der Waals surface area contributed by atoms with E-state index in [-0.39, 0.29) is 5.25 Å². The molecule has 2 aromatic rings. The molecule has 0 saturated heterocycles. The van der Waals surface area contributed by atoms with Crippen LogP contribution in [0.25, 0.3) is 0 Å². The summed E-state index contributed by atoms with van der Waals surface area (Å²) in [7, 11) is 1.68. The van der Waals surface area contributed by atoms with Crippen LogP contribution in [0.1, 0.15) is 28.4 Å². The van der Waals surface area contributed by atoms with Crippen LogP contribution in [-0.4, -0.2) is 17.5 Å². The molecule has 3 heteroatoms. The Balaban J connectivity index is 1.91. The van der Waals surface area contributed by atoms with Crippen LogP contribution in [0.2, 0.25) is 0 Å². The molecule has 0 saturated carbocycles. The second-order valence-electron chi connectivity index (χ2n) is 5.54. The van der Waals surface area contributed by atoms with Crippen LogP contribution in [-0.2, 0) is 6.42 Å². The van der Waals surface area contributed by atoms with Crippen LogP contribution in [0, 0.1) is 13.8 Å². The van der Waals surface area contributed by atoms with E-state index in [0.717, 1.165) is 23.3 Å². The lowest BCUT2D eigenvalue weighted by Crippen LogP contribution is -2.15. The number of hydrogen-bond acceptors (Lipinski definition) is 3. The minimum atomic E-state index is -0.517. The maximum atomic E-state index is 10.8. The first-order chi connectivity index (χ1) is 10.1. The van der Waals surface area contributed by atoms with E-state index in [0.29, 0.717) is 0 Å². The summed E-state index contributed by atoms with van der Waals surface area (Å²) in [6, 6.07) is 12.4. The van der Waals surface area contributed by atoms with Gasteiger partial charge in [0.25, 0.3) is 0 Å². The molecule has 21 heavy (non-hydrogen) atoms. The lowest BCUT2D eigenvalue weighted by atomic mass is 9.96. The van der Waals surface area contributed by atoms with Crippen LogP contribution in [0.15, 0.2) is 41.3 Å². The van der Waals surface area contributed by atoms with Gasteiger partial charge in [-0.1, -0.05) is 30.3 Å². The summed E-state index contributed by atoms with van der Waals surface area (Å²) >= 11 is 1.76. The number of thioether (sulfide) groups is 1. The van der Waals surface area contributed by atoms with Gasteiger partial charge in [0.1, 0.15) is 5.75 Å². The summed E-state index contributed by atoms with van der Waals surface area (Å²) in [5.41, 5.74) is 4.51. The second-order valence-corrected chi connectivity index (χ2v) is 6.82. The van der Waals surface area contributed by atoms with Gasteiger partial charge in [-0.15, -0.1) is 11.8 Å². The fourth-order valence-corrected chi connectivity index (χ4v) is 4.22. The zero-order chi connectivity index (χ0) is 15.0. The molecule has 0 aliphatic carbocycles. The number of aliphatic hydroxyl groups excluding tert-OH is 1. The first-order valence-corrected chi connectivity index (χ1v) is 8.06. The van der Waals surface area contributed by atoms with Crippen LogP contribution in [0.3, 0.4) is 0 Å². The summed E-state index contributed by atoms with van der Waals surface area (Å²) in [6.07, 6.45) is 0.384. The fourth-order valence-electron chi connectivity index (χ4n) is 2.90. The molecule has 110 valence electrons. The van der Waals surface area contributed by atoms with Crippen molar-refractivity contribution in [1.29, 1.82) is 0 Å². The minimum Gasteiger partial charge on any atom is -0.496 e. The SMILES string of the molecule is COc1c(C(O)C2Cc3ccccc3S2)ccc(C)c1C. The van der Waals surface area contributed by atoms with Gasteiger partial charge in [0.15, 0.2) is 0 Å². The van der Waals surface area contributed by atoms with Crippen molar-refractivity contribution in [3.8, 4) is 5.75 Å². The second kappa shape index (κ2) is 5.74. The number of rotatable bonds is 3. The van der Waals surface area contributed by atoms with Crippen LogP contribution in [0.4, 0.5) is 0 Å². The van der Waals surface area contributed by atoms with Gasteiger partial charge in [-0.05, 0) is 43.0 Å². The van der Waals surface area contributed by atoms with Crippen molar-refractivity contribution in [2.24, 2.45) is 0 Å². The maximum Gasteiger partial charge on any atom is 0.127 e. The van der Waals surface area contributed by atoms with Gasteiger partial charge in [0, 0.05) is 15.7 Å². The molecular formula is C18H20O2S. The number of fused-ring (bicyclic) bond motifs is 1. The van der Waals surface area contributed by atoms with Gasteiger partial charge in [0.2, 0.25) is 0 Å². The molecule has 2 atom stereocenters. The van der Waals surface area contributed by atoms with E-state index in [2.05, 4.69) is 37.3 Å². The van der Waals surface area contributed by atoms with Crippen molar-refractivity contribution >= 4 is 11.8 Å². The van der Waals surface area contributed by atoms with Crippen molar-refractivity contribution in [2.45, 2.75) is 36.5 Å². The third kappa shape index (κ3) is 2.56. The average molecular weight is 300 g/mol. The van der Waals surface area contributed by atoms with E-state index >= 15 is 0 Å². The largest absolute Gasteiger partial charge is 0.496 e. The Labute approximate surface area is 130 Å². The average Bonchev–Trinajstić information content (AvgIpc) is 2.93. The van der Waals surface area contributed by atoms with Gasteiger partial charge in [-0.3, -0.25) is 0 Å². The van der Waals surface area contributed by atoms with E-state index in [9.17, 15) is 5.11 Å². The Bertz CT molecular complexity index is 641. The van der Waals surface area contributed by atoms with E-state index in [1.807, 2.05) is 13.0 Å². The van der Waals surface area contributed by atoms with Crippen LogP contribution in [0.5, 0.6) is 5.75 Å². The monoisotopic (exact) mass is 300 g/mol. The molecule has 1 N–H and O–H groups in total. The zero-order valence-electron chi connectivity index (χ0n) is 12.6. The molecule has 0 aromatic heterocycles. The zero-order valence-corrected chi connectivity index (χ0v) is 13.4. The van der Waals surface area contributed by atoms with Crippen LogP contribution >= 0.6 is 11.8 Å². The third-order valence-corrected chi connectivity index (χ3v) is 5.63. The Morgan fingerprint density at radius 1 is 1.19 bits per heavy atom. The van der Waals surface area contributed by atoms with Crippen molar-refractivity contribution < 1.29 is 9.84 Å². The Hall–Kier alpha value is -1.45. The van der Waals surface area contributed by atoms with Crippen molar-refractivity contribution in [1.82, 2.24) is 0 Å². The Morgan fingerprint density at radius 3 is 2.67 bits per heavy atom. The standard InChI is InChI=1S/C18H20O2S/c1-11-8-9-14(18(20-3)12(11)2)17(19)16-10-13-6-4-5-7-15(13)21-16/h4-9,16-17,19H,10H2,1-3H3. The van der Waals surface area contributed by atoms with Gasteiger partial charge in [-0.25, -0.2) is 0 Å². The molecule has 0 fully saturated rings. The molecule has 2 unspecified atom stereocenters. The molecule has 2 aromatic carbocycles. The molecule has 0 spiro atoms. The van der Waals surface area contributed by atoms with Crippen molar-refractivity contribution in [3.63, 3.8) is 0 Å². The summed E-state index contributed by atoms with van der Waals surface area (Å²) < 4.78 is 5.55. The lowest BCUT2D eigenvalue weighted by molar-refractivity contribution is 0.170. The van der Waals surface area contributed by atoms with Crippen molar-refractivity contribution in [2.75, 3.05) is 7.11 Å². The molecule has 1 heterocycles. The topological polar surface area (TPSA) is 29.5 Å². The van der Waals surface area contributed by atoms with Crippen molar-refractivity contribution in [3.05, 3.63) is 58.7 Å². The highest BCUT2D eigenvalue weighted by Gasteiger charge is 2.31. The maximum absolute atomic E-state index is 10.8. The first-order valence-electron chi connectivity index (χ1n) is 7.18. The van der Waals surface area contributed by atoms with E-state index in [1.165, 1.54) is 16.0 Å². The summed E-state index contributed by atoms with van der Waals surface area (Å²) in [4.78, 5) is 1.28. The summed E-state index contributed by atoms with van der Waals surface area (Å²) in [5, 5.41) is 11.0. The molecule has 3 rings (SSSR count). The fraction of sp³-hybridized carbons (Fsp3) is 0.333. The Morgan fingerprint density at radius 2 is 1.95 bits per heavy atom. The van der Waals surface area contributed by atoms with E-state index < -0.39 is 6.10 Å². The lowest BCUT2D eigenvalue weighted by Gasteiger charge is -2.22. The van der Waals surface area contributed by atoms with E-state index in [1.54, 1.807) is 18.9 Å². The number of methoxy groups -OCH3 is 1. The number of benzene rings is 2. The van der Waals surface area contributed by atoms with Gasteiger partial charge < -0.3 is 9.84 Å². The predicted octanol–water partition coefficient (Wildman–Crippen LogP) is 4.06. The van der Waals surface area contributed by atoms with Gasteiger partial charge >= 0.3 is 0 Å². The molecule has 0 amide bonds. The number of aryl methyl sites for hydroxylation is 1. The summed E-state index contributed by atoms with van der Waals surface area (Å²) in [5.74, 6) is 0.819. The molecular weight excluding hydrogens is 280 g/mol. The number of hydrogen-bond donors (Lipinski definition) is 1. The molecule has 1 aliphatic rings. The number of ether oxygens (including phenoxy) is 1.